The van der Waals surface area contributed by atoms with Crippen molar-refractivity contribution in [1.29, 1.82) is 0 Å². The number of halogens is 1. The molecule has 0 aliphatic carbocycles. The number of carbonyl (C=O) groups is 4. The lowest BCUT2D eigenvalue weighted by atomic mass is 10.0. The molecule has 0 radical (unpaired) electrons. The number of hydrogen-bond donors (Lipinski definition) is 4. The molecule has 4 amide bonds. The molecule has 0 saturated carbocycles. The van der Waals surface area contributed by atoms with E-state index in [0.29, 0.717) is 63.4 Å². The van der Waals surface area contributed by atoms with Crippen LogP contribution in [0.4, 0.5) is 0 Å². The quantitative estimate of drug-likeness (QED) is 0.349. The molecule has 1 fully saturated rings. The van der Waals surface area contributed by atoms with Crippen LogP contribution < -0.4 is 20.7 Å². The highest BCUT2D eigenvalue weighted by Crippen LogP contribution is 2.26. The molecule has 14 nitrogen and oxygen atoms in total. The Labute approximate surface area is 273 Å². The van der Waals surface area contributed by atoms with Crippen molar-refractivity contribution in [3.8, 4) is 5.75 Å². The van der Waals surface area contributed by atoms with E-state index < -0.39 is 42.0 Å². The molecular weight excluding hydrogens is 618 g/mol. The minimum absolute atomic E-state index is 0.0383. The van der Waals surface area contributed by atoms with Gasteiger partial charge in [-0.3, -0.25) is 23.9 Å². The van der Waals surface area contributed by atoms with Crippen molar-refractivity contribution in [3.63, 3.8) is 0 Å². The summed E-state index contributed by atoms with van der Waals surface area (Å²) in [5, 5.41) is 27.1. The van der Waals surface area contributed by atoms with Crippen LogP contribution in [0.15, 0.2) is 24.4 Å². The van der Waals surface area contributed by atoms with Crippen molar-refractivity contribution in [3.05, 3.63) is 40.7 Å². The number of aryl methyl sites for hydroxylation is 1. The summed E-state index contributed by atoms with van der Waals surface area (Å²) in [4.78, 5) is 54.7. The van der Waals surface area contributed by atoms with Gasteiger partial charge >= 0.3 is 0 Å². The summed E-state index contributed by atoms with van der Waals surface area (Å²) in [6.07, 6.45) is 2.86. The summed E-state index contributed by atoms with van der Waals surface area (Å²) in [6.45, 7) is 7.32. The van der Waals surface area contributed by atoms with Gasteiger partial charge in [-0.15, -0.1) is 5.10 Å². The molecule has 1 saturated heterocycles. The molecule has 46 heavy (non-hydrogen) atoms. The van der Waals surface area contributed by atoms with E-state index in [1.54, 1.807) is 15.6 Å². The van der Waals surface area contributed by atoms with E-state index in [1.807, 2.05) is 20.0 Å². The second-order valence-corrected chi connectivity index (χ2v) is 12.5. The molecule has 4 atom stereocenters. The zero-order valence-corrected chi connectivity index (χ0v) is 27.3. The molecule has 1 aromatic carbocycles. The fourth-order valence-corrected chi connectivity index (χ4v) is 5.55. The number of aliphatic hydroxyl groups is 1. The molecular formula is C31H44ClN7O7. The van der Waals surface area contributed by atoms with Crippen molar-refractivity contribution in [2.24, 2.45) is 5.92 Å². The summed E-state index contributed by atoms with van der Waals surface area (Å²) >= 11 is 6.39. The van der Waals surface area contributed by atoms with Gasteiger partial charge in [-0.25, -0.2) is 0 Å². The van der Waals surface area contributed by atoms with Gasteiger partial charge < -0.3 is 35.4 Å². The summed E-state index contributed by atoms with van der Waals surface area (Å²) in [5.74, 6) is -1.51. The predicted molar refractivity (Wildman–Crippen MR) is 168 cm³/mol. The molecule has 4 bridgehead atoms. The number of rotatable bonds is 4. The van der Waals surface area contributed by atoms with Crippen molar-refractivity contribution < 1.29 is 33.8 Å². The van der Waals surface area contributed by atoms with Gasteiger partial charge in [-0.05, 0) is 50.3 Å². The van der Waals surface area contributed by atoms with E-state index in [0.717, 1.165) is 6.42 Å². The Kier molecular flexibility index (Phi) is 12.8. The summed E-state index contributed by atoms with van der Waals surface area (Å²) in [5.41, 5.74) is 0.882. The van der Waals surface area contributed by atoms with Gasteiger partial charge in [-0.2, -0.15) is 0 Å². The van der Waals surface area contributed by atoms with Crippen molar-refractivity contribution in [2.75, 3.05) is 32.8 Å². The topological polar surface area (TPSA) is 177 Å². The van der Waals surface area contributed by atoms with E-state index in [2.05, 4.69) is 26.3 Å². The Morgan fingerprint density at radius 2 is 1.89 bits per heavy atom. The van der Waals surface area contributed by atoms with Crippen LogP contribution in [0.1, 0.15) is 62.5 Å². The van der Waals surface area contributed by atoms with Crippen molar-refractivity contribution in [1.82, 2.24) is 35.8 Å². The standard InChI is InChI=1S/C31H44ClN7O7/c1-19(2)16-24-29(42)33-10-13-38(31(44)26-6-4-14-46-26)12-9-22-18-39(37-36-22)11-5-15-45-25-8-7-21(17-23(25)32)28(41)35-27(20(3)40)30(43)34-24/h7-8,17-20,24,26-27,40H,4-6,9-16H2,1-3H3,(H,33,42)(H,34,43)(H,35,41)/t20-,24-,26-,27+/m1/s1. The van der Waals surface area contributed by atoms with Crippen LogP contribution in [0, 0.1) is 5.92 Å². The third-order valence-electron chi connectivity index (χ3n) is 7.80. The number of aliphatic hydroxyl groups excluding tert-OH is 1. The van der Waals surface area contributed by atoms with Gasteiger partial charge in [-0.1, -0.05) is 30.7 Å². The normalized spacial score (nSPS) is 23.2. The maximum absolute atomic E-state index is 13.3. The molecule has 1 aromatic heterocycles. The maximum Gasteiger partial charge on any atom is 0.252 e. The molecule has 15 heteroatoms. The highest BCUT2D eigenvalue weighted by molar-refractivity contribution is 6.32. The molecule has 3 aliphatic heterocycles. The SMILES string of the molecule is CC(C)C[C@H]1NC(=O)[C@H]([C@@H](C)O)NC(=O)c2ccc(c(Cl)c2)OCCCn2cc(nn2)CCN(C(=O)[C@H]2CCCO2)CCNC1=O. The van der Waals surface area contributed by atoms with Gasteiger partial charge in [0.05, 0.1) is 23.4 Å². The minimum Gasteiger partial charge on any atom is -0.492 e. The third kappa shape index (κ3) is 9.87. The molecule has 2 aromatic rings. The lowest BCUT2D eigenvalue weighted by Crippen LogP contribution is -2.57. The van der Waals surface area contributed by atoms with Crippen LogP contribution in [0.5, 0.6) is 5.75 Å². The Morgan fingerprint density at radius 3 is 2.59 bits per heavy atom. The first-order chi connectivity index (χ1) is 22.0. The zero-order chi connectivity index (χ0) is 33.2. The molecule has 0 unspecified atom stereocenters. The van der Waals surface area contributed by atoms with E-state index >= 15 is 0 Å². The Balaban J connectivity index is 1.55. The van der Waals surface area contributed by atoms with Crippen LogP contribution in [0.2, 0.25) is 5.02 Å². The van der Waals surface area contributed by atoms with Crippen molar-refractivity contribution >= 4 is 35.2 Å². The molecule has 4 N–H and O–H groups in total. The van der Waals surface area contributed by atoms with Crippen LogP contribution >= 0.6 is 11.6 Å². The minimum atomic E-state index is -1.34. The number of hydrogen-bond acceptors (Lipinski definition) is 9. The monoisotopic (exact) mass is 661 g/mol. The zero-order valence-electron chi connectivity index (χ0n) is 26.5. The lowest BCUT2D eigenvalue weighted by molar-refractivity contribution is -0.141. The second kappa shape index (κ2) is 16.7. The Morgan fingerprint density at radius 1 is 1.09 bits per heavy atom. The van der Waals surface area contributed by atoms with Crippen LogP contribution in [0.25, 0.3) is 0 Å². The maximum atomic E-state index is 13.3. The average molecular weight is 662 g/mol. The number of nitrogens with one attached hydrogen (secondary N) is 3. The number of ether oxygens (including phenoxy) is 2. The van der Waals surface area contributed by atoms with Gasteiger partial charge in [0.15, 0.2) is 0 Å². The van der Waals surface area contributed by atoms with E-state index in [9.17, 15) is 24.3 Å². The van der Waals surface area contributed by atoms with Gasteiger partial charge in [0.1, 0.15) is 23.9 Å². The lowest BCUT2D eigenvalue weighted by Gasteiger charge is -2.27. The molecule has 5 rings (SSSR count). The highest BCUT2D eigenvalue weighted by Gasteiger charge is 2.32. The smallest absolute Gasteiger partial charge is 0.252 e. The number of carbonyl (C=O) groups excluding carboxylic acids is 4. The summed E-state index contributed by atoms with van der Waals surface area (Å²) in [6, 6.07) is 2.21. The fraction of sp³-hybridized carbons (Fsp3) is 0.613. The van der Waals surface area contributed by atoms with Crippen molar-refractivity contribution in [2.45, 2.75) is 83.7 Å². The largest absolute Gasteiger partial charge is 0.492 e. The van der Waals surface area contributed by atoms with Crippen LogP contribution in [-0.2, 0) is 32.1 Å². The van der Waals surface area contributed by atoms with Gasteiger partial charge in [0.2, 0.25) is 11.8 Å². The van der Waals surface area contributed by atoms with Gasteiger partial charge in [0, 0.05) is 57.4 Å². The molecule has 4 heterocycles. The highest BCUT2D eigenvalue weighted by atomic mass is 35.5. The van der Waals surface area contributed by atoms with E-state index in [1.165, 1.54) is 19.1 Å². The van der Waals surface area contributed by atoms with Gasteiger partial charge in [0.25, 0.3) is 11.8 Å². The average Bonchev–Trinajstić information content (AvgIpc) is 3.71. The predicted octanol–water partition coefficient (Wildman–Crippen LogP) is 1.09. The first kappa shape index (κ1) is 35.1. The third-order valence-corrected chi connectivity index (χ3v) is 8.09. The molecule has 0 spiro atoms. The number of amides is 4. The van der Waals surface area contributed by atoms with Crippen LogP contribution in [-0.4, -0.2) is 106 Å². The first-order valence-corrected chi connectivity index (χ1v) is 16.2. The summed E-state index contributed by atoms with van der Waals surface area (Å²) < 4.78 is 13.2. The van der Waals surface area contributed by atoms with E-state index in [-0.39, 0.29) is 35.5 Å². The Bertz CT molecular complexity index is 1360. The number of aromatic nitrogens is 3. The van der Waals surface area contributed by atoms with E-state index in [4.69, 9.17) is 21.1 Å². The Hall–Kier alpha value is -3.75. The second-order valence-electron chi connectivity index (χ2n) is 12.1. The first-order valence-electron chi connectivity index (χ1n) is 15.8. The fourth-order valence-electron chi connectivity index (χ4n) is 5.32. The molecule has 252 valence electrons. The number of benzene rings is 1. The molecule has 3 aliphatic rings. The van der Waals surface area contributed by atoms with Crippen LogP contribution in [0.3, 0.4) is 0 Å². The number of nitrogens with zero attached hydrogens (tertiary/aromatic N) is 4. The summed E-state index contributed by atoms with van der Waals surface area (Å²) in [7, 11) is 0. The number of fused-ring (bicyclic) bond motifs is 17.